The number of carbonyl (C=O) groups is 2. The lowest BCUT2D eigenvalue weighted by atomic mass is 10.2. The molecule has 0 saturated carbocycles. The summed E-state index contributed by atoms with van der Waals surface area (Å²) < 4.78 is 5.57. The van der Waals surface area contributed by atoms with Crippen LogP contribution in [0.4, 0.5) is 11.4 Å². The fourth-order valence-electron chi connectivity index (χ4n) is 2.70. The van der Waals surface area contributed by atoms with Crippen molar-refractivity contribution >= 4 is 86.9 Å². The van der Waals surface area contributed by atoms with E-state index < -0.39 is 12.0 Å². The summed E-state index contributed by atoms with van der Waals surface area (Å²) in [6.07, 6.45) is -0.865. The monoisotopic (exact) mass is 555 g/mol. The molecule has 0 aliphatic heterocycles. The van der Waals surface area contributed by atoms with Crippen molar-refractivity contribution in [3.8, 4) is 5.75 Å². The highest BCUT2D eigenvalue weighted by Gasteiger charge is 2.18. The summed E-state index contributed by atoms with van der Waals surface area (Å²) in [5.74, 6) is -0.516. The number of thiocarbonyl (C=S) groups is 1. The molecule has 3 aromatic carbocycles. The number of halogens is 4. The molecule has 6 nitrogen and oxygen atoms in total. The minimum atomic E-state index is -0.865. The van der Waals surface area contributed by atoms with Gasteiger partial charge in [0.1, 0.15) is 5.75 Å². The summed E-state index contributed by atoms with van der Waals surface area (Å²) in [5.41, 5.74) is 1.44. The number of hydrogen-bond acceptors (Lipinski definition) is 4. The molecule has 0 spiro atoms. The zero-order valence-electron chi connectivity index (χ0n) is 17.5. The van der Waals surface area contributed by atoms with E-state index in [0.29, 0.717) is 37.8 Å². The van der Waals surface area contributed by atoms with Crippen LogP contribution in [-0.2, 0) is 4.79 Å². The summed E-state index contributed by atoms with van der Waals surface area (Å²) in [4.78, 5) is 24.8. The molecule has 0 bridgehead atoms. The van der Waals surface area contributed by atoms with Crippen molar-refractivity contribution in [3.05, 3.63) is 86.3 Å². The Labute approximate surface area is 221 Å². The average molecular weight is 557 g/mol. The highest BCUT2D eigenvalue weighted by molar-refractivity contribution is 7.80. The molecule has 0 aromatic heterocycles. The minimum absolute atomic E-state index is 0.0763. The number of carbonyl (C=O) groups excluding carboxylic acids is 2. The zero-order chi connectivity index (χ0) is 24.8. The molecule has 176 valence electrons. The number of benzene rings is 3. The summed E-state index contributed by atoms with van der Waals surface area (Å²) in [7, 11) is 0. The van der Waals surface area contributed by atoms with Gasteiger partial charge in [-0.15, -0.1) is 0 Å². The number of anilines is 2. The van der Waals surface area contributed by atoms with Gasteiger partial charge in [-0.1, -0.05) is 46.4 Å². The van der Waals surface area contributed by atoms with E-state index >= 15 is 0 Å². The van der Waals surface area contributed by atoms with Crippen LogP contribution in [0.3, 0.4) is 0 Å². The third kappa shape index (κ3) is 7.22. The van der Waals surface area contributed by atoms with Crippen molar-refractivity contribution in [2.24, 2.45) is 0 Å². The van der Waals surface area contributed by atoms with Crippen LogP contribution < -0.4 is 20.7 Å². The van der Waals surface area contributed by atoms with Crippen molar-refractivity contribution in [1.82, 2.24) is 5.32 Å². The van der Waals surface area contributed by atoms with Gasteiger partial charge in [-0.05, 0) is 79.8 Å². The second-order valence-corrected chi connectivity index (χ2v) is 9.03. The Morgan fingerprint density at radius 2 is 1.38 bits per heavy atom. The number of amides is 2. The number of ether oxygens (including phenoxy) is 1. The number of nitrogens with one attached hydrogen (secondary N) is 3. The molecule has 11 heteroatoms. The second-order valence-electron chi connectivity index (χ2n) is 6.93. The van der Waals surface area contributed by atoms with Crippen molar-refractivity contribution in [1.29, 1.82) is 0 Å². The van der Waals surface area contributed by atoms with Gasteiger partial charge in [0, 0.05) is 21.4 Å². The van der Waals surface area contributed by atoms with Crippen molar-refractivity contribution in [3.63, 3.8) is 0 Å². The Bertz CT molecular complexity index is 1240. The van der Waals surface area contributed by atoms with E-state index in [2.05, 4.69) is 16.0 Å². The van der Waals surface area contributed by atoms with E-state index in [0.717, 1.165) is 0 Å². The predicted molar refractivity (Wildman–Crippen MR) is 142 cm³/mol. The van der Waals surface area contributed by atoms with Gasteiger partial charge in [0.15, 0.2) is 11.2 Å². The summed E-state index contributed by atoms with van der Waals surface area (Å²) in [6, 6.07) is 16.0. The van der Waals surface area contributed by atoms with E-state index in [1.165, 1.54) is 12.1 Å². The van der Waals surface area contributed by atoms with Crippen LogP contribution in [0.15, 0.2) is 60.7 Å². The maximum absolute atomic E-state index is 12.4. The molecule has 1 unspecified atom stereocenters. The van der Waals surface area contributed by atoms with Gasteiger partial charge in [0.25, 0.3) is 11.8 Å². The van der Waals surface area contributed by atoms with Crippen molar-refractivity contribution in [2.75, 3.05) is 10.6 Å². The van der Waals surface area contributed by atoms with E-state index in [4.69, 9.17) is 63.4 Å². The van der Waals surface area contributed by atoms with E-state index in [9.17, 15) is 9.59 Å². The molecule has 0 radical (unpaired) electrons. The molecule has 0 heterocycles. The Morgan fingerprint density at radius 1 is 0.824 bits per heavy atom. The van der Waals surface area contributed by atoms with Crippen LogP contribution in [0.25, 0.3) is 0 Å². The molecule has 0 saturated heterocycles. The molecule has 34 heavy (non-hydrogen) atoms. The van der Waals surface area contributed by atoms with Gasteiger partial charge >= 0.3 is 0 Å². The number of hydrogen-bond donors (Lipinski definition) is 3. The van der Waals surface area contributed by atoms with Gasteiger partial charge in [-0.25, -0.2) is 0 Å². The van der Waals surface area contributed by atoms with Crippen LogP contribution in [-0.4, -0.2) is 23.0 Å². The average Bonchev–Trinajstić information content (AvgIpc) is 2.76. The first-order chi connectivity index (χ1) is 16.1. The van der Waals surface area contributed by atoms with Gasteiger partial charge in [0.05, 0.1) is 15.6 Å². The summed E-state index contributed by atoms with van der Waals surface area (Å²) in [6.45, 7) is 1.56. The molecular weight excluding hydrogens is 540 g/mol. The Hall–Kier alpha value is -2.55. The van der Waals surface area contributed by atoms with Gasteiger partial charge < -0.3 is 15.4 Å². The Morgan fingerprint density at radius 3 is 1.97 bits per heavy atom. The fourth-order valence-corrected chi connectivity index (χ4v) is 3.87. The quantitative estimate of drug-likeness (QED) is 0.290. The third-order valence-electron chi connectivity index (χ3n) is 4.38. The Balaban J connectivity index is 1.52. The first-order valence-electron chi connectivity index (χ1n) is 9.72. The van der Waals surface area contributed by atoms with Crippen LogP contribution in [0, 0.1) is 0 Å². The second kappa shape index (κ2) is 11.7. The fraction of sp³-hybridized carbons (Fsp3) is 0.0870. The van der Waals surface area contributed by atoms with Crippen LogP contribution in [0.5, 0.6) is 5.75 Å². The highest BCUT2D eigenvalue weighted by atomic mass is 35.5. The SMILES string of the molecule is CC(Oc1ccc(Cl)cc1Cl)C(=O)NC(=S)Nc1ccc(NC(=O)c2ccc(Cl)cc2Cl)cc1. The number of rotatable bonds is 6. The van der Waals surface area contributed by atoms with Crippen LogP contribution >= 0.6 is 58.6 Å². The van der Waals surface area contributed by atoms with Crippen LogP contribution in [0.1, 0.15) is 17.3 Å². The molecule has 0 fully saturated rings. The lowest BCUT2D eigenvalue weighted by Gasteiger charge is -2.16. The van der Waals surface area contributed by atoms with Gasteiger partial charge in [-0.3, -0.25) is 14.9 Å². The lowest BCUT2D eigenvalue weighted by molar-refractivity contribution is -0.125. The first-order valence-corrected chi connectivity index (χ1v) is 11.6. The molecular formula is C23H17Cl4N3O3S. The normalized spacial score (nSPS) is 11.3. The Kier molecular flexibility index (Phi) is 8.99. The molecule has 3 rings (SSSR count). The maximum Gasteiger partial charge on any atom is 0.266 e. The van der Waals surface area contributed by atoms with Gasteiger partial charge in [0.2, 0.25) is 0 Å². The third-order valence-corrected chi connectivity index (χ3v) is 5.66. The van der Waals surface area contributed by atoms with Gasteiger partial charge in [-0.2, -0.15) is 0 Å². The molecule has 1 atom stereocenters. The van der Waals surface area contributed by atoms with Crippen molar-refractivity contribution < 1.29 is 14.3 Å². The smallest absolute Gasteiger partial charge is 0.266 e. The molecule has 0 aliphatic rings. The highest BCUT2D eigenvalue weighted by Crippen LogP contribution is 2.28. The maximum atomic E-state index is 12.4. The first kappa shape index (κ1) is 26.1. The van der Waals surface area contributed by atoms with Crippen molar-refractivity contribution in [2.45, 2.75) is 13.0 Å². The predicted octanol–water partition coefficient (Wildman–Crippen LogP) is 6.83. The topological polar surface area (TPSA) is 79.5 Å². The molecule has 0 aliphatic carbocycles. The van der Waals surface area contributed by atoms with E-state index in [-0.39, 0.29) is 16.0 Å². The molecule has 3 N–H and O–H groups in total. The molecule has 3 aromatic rings. The summed E-state index contributed by atoms with van der Waals surface area (Å²) >= 11 is 29.1. The van der Waals surface area contributed by atoms with E-state index in [1.54, 1.807) is 55.5 Å². The molecule has 2 amide bonds. The largest absolute Gasteiger partial charge is 0.479 e. The zero-order valence-corrected chi connectivity index (χ0v) is 21.3. The van der Waals surface area contributed by atoms with E-state index in [1.807, 2.05) is 0 Å². The van der Waals surface area contributed by atoms with Crippen LogP contribution in [0.2, 0.25) is 20.1 Å². The summed E-state index contributed by atoms with van der Waals surface area (Å²) in [5, 5.41) is 9.70. The minimum Gasteiger partial charge on any atom is -0.479 e. The lowest BCUT2D eigenvalue weighted by Crippen LogP contribution is -2.42. The standard InChI is InChI=1S/C23H17Cl4N3O3S/c1-12(33-20-9-3-14(25)11-19(20)27)21(31)30-23(34)29-16-6-4-15(5-7-16)28-22(32)17-8-2-13(24)10-18(17)26/h2-12H,1H3,(H,28,32)(H2,29,30,31,34).